The highest BCUT2D eigenvalue weighted by Crippen LogP contribution is 2.45. The molecule has 0 amide bonds. The summed E-state index contributed by atoms with van der Waals surface area (Å²) in [5.41, 5.74) is 4.47. The molecule has 1 N–H and O–H groups in total. The van der Waals surface area contributed by atoms with E-state index in [-0.39, 0.29) is 5.92 Å². The second-order valence-corrected chi connectivity index (χ2v) is 4.98. The molecule has 0 saturated heterocycles. The maximum Gasteiger partial charge on any atom is 0.0449 e. The smallest absolute Gasteiger partial charge is 0.0449 e. The maximum atomic E-state index is 7.59. The number of rotatable bonds is 1. The van der Waals surface area contributed by atoms with Gasteiger partial charge in [-0.3, -0.25) is 0 Å². The lowest BCUT2D eigenvalue weighted by Gasteiger charge is -2.06. The third kappa shape index (κ3) is 1.58. The van der Waals surface area contributed by atoms with Gasteiger partial charge in [-0.25, -0.2) is 0 Å². The molecule has 0 heterocycles. The van der Waals surface area contributed by atoms with Gasteiger partial charge in [-0.05, 0) is 46.5 Å². The normalized spacial score (nSPS) is 13.3. The number of fused-ring (bicyclic) bond motifs is 3. The number of benzene rings is 2. The highest BCUT2D eigenvalue weighted by Gasteiger charge is 2.27. The monoisotopic (exact) mass is 261 g/mol. The van der Waals surface area contributed by atoms with E-state index in [2.05, 4.69) is 0 Å². The highest BCUT2D eigenvalue weighted by atomic mass is 35.5. The van der Waals surface area contributed by atoms with Crippen LogP contribution < -0.4 is 0 Å². The van der Waals surface area contributed by atoms with Crippen LogP contribution in [0.25, 0.3) is 11.1 Å². The zero-order valence-corrected chi connectivity index (χ0v) is 10.4. The van der Waals surface area contributed by atoms with E-state index in [1.54, 1.807) is 0 Å². The van der Waals surface area contributed by atoms with Crippen molar-refractivity contribution in [2.24, 2.45) is 0 Å². The second-order valence-electron chi connectivity index (χ2n) is 4.11. The Hall–Kier alpha value is -1.31. The molecular formula is C14H9Cl2N. The molecule has 0 spiro atoms. The van der Waals surface area contributed by atoms with Crippen molar-refractivity contribution in [3.63, 3.8) is 0 Å². The Kier molecular flexibility index (Phi) is 2.46. The minimum absolute atomic E-state index is 0.0302. The molecule has 0 fully saturated rings. The first kappa shape index (κ1) is 10.8. The van der Waals surface area contributed by atoms with E-state index in [0.29, 0.717) is 10.0 Å². The number of hydrogen-bond donors (Lipinski definition) is 1. The van der Waals surface area contributed by atoms with Crippen molar-refractivity contribution < 1.29 is 0 Å². The van der Waals surface area contributed by atoms with Gasteiger partial charge in [-0.2, -0.15) is 0 Å². The van der Waals surface area contributed by atoms with Gasteiger partial charge < -0.3 is 5.41 Å². The molecule has 0 aliphatic heterocycles. The summed E-state index contributed by atoms with van der Waals surface area (Å²) in [6.07, 6.45) is 1.44. The van der Waals surface area contributed by atoms with E-state index in [1.807, 2.05) is 36.4 Å². The van der Waals surface area contributed by atoms with E-state index in [4.69, 9.17) is 28.6 Å². The first-order valence-corrected chi connectivity index (χ1v) is 6.06. The summed E-state index contributed by atoms with van der Waals surface area (Å²) in [6, 6.07) is 11.6. The first-order chi connectivity index (χ1) is 8.20. The standard InChI is InChI=1S/C14H9Cl2N/c15-8-1-3-10-11-4-2-9(16)6-13(11)14(7-17)12(10)5-8/h1-7,14,17H. The third-order valence-corrected chi connectivity index (χ3v) is 3.62. The van der Waals surface area contributed by atoms with Crippen LogP contribution >= 0.6 is 23.2 Å². The van der Waals surface area contributed by atoms with Crippen LogP contribution in [0.4, 0.5) is 0 Å². The van der Waals surface area contributed by atoms with Crippen molar-refractivity contribution in [2.45, 2.75) is 5.92 Å². The zero-order valence-electron chi connectivity index (χ0n) is 8.87. The number of halogens is 2. The second kappa shape index (κ2) is 3.86. The predicted octanol–water partition coefficient (Wildman–Crippen LogP) is 4.76. The van der Waals surface area contributed by atoms with Gasteiger partial charge in [0.05, 0.1) is 0 Å². The molecule has 3 heteroatoms. The van der Waals surface area contributed by atoms with E-state index in [0.717, 1.165) is 22.3 Å². The Balaban J connectivity index is 2.32. The van der Waals surface area contributed by atoms with Crippen molar-refractivity contribution in [3.05, 3.63) is 57.6 Å². The average molecular weight is 262 g/mol. The maximum absolute atomic E-state index is 7.59. The van der Waals surface area contributed by atoms with Gasteiger partial charge in [0.1, 0.15) is 0 Å². The summed E-state index contributed by atoms with van der Waals surface area (Å²) in [5.74, 6) is -0.0302. The van der Waals surface area contributed by atoms with Gasteiger partial charge in [0.2, 0.25) is 0 Å². The topological polar surface area (TPSA) is 23.9 Å². The van der Waals surface area contributed by atoms with Crippen molar-refractivity contribution in [2.75, 3.05) is 0 Å². The van der Waals surface area contributed by atoms with E-state index in [9.17, 15) is 0 Å². The van der Waals surface area contributed by atoms with E-state index in [1.165, 1.54) is 6.21 Å². The van der Waals surface area contributed by atoms with Crippen LogP contribution in [0.2, 0.25) is 10.0 Å². The Morgan fingerprint density at radius 1 is 0.882 bits per heavy atom. The van der Waals surface area contributed by atoms with Crippen LogP contribution in [-0.4, -0.2) is 6.21 Å². The Morgan fingerprint density at radius 3 is 1.76 bits per heavy atom. The minimum atomic E-state index is -0.0302. The summed E-state index contributed by atoms with van der Waals surface area (Å²) in [7, 11) is 0. The fourth-order valence-electron chi connectivity index (χ4n) is 2.42. The molecule has 17 heavy (non-hydrogen) atoms. The van der Waals surface area contributed by atoms with Crippen molar-refractivity contribution in [1.82, 2.24) is 0 Å². The van der Waals surface area contributed by atoms with E-state index >= 15 is 0 Å². The summed E-state index contributed by atoms with van der Waals surface area (Å²) in [5, 5.41) is 9.00. The first-order valence-electron chi connectivity index (χ1n) is 5.30. The minimum Gasteiger partial charge on any atom is -0.312 e. The Bertz CT molecular complexity index is 568. The lowest BCUT2D eigenvalue weighted by molar-refractivity contribution is 1.14. The van der Waals surface area contributed by atoms with Crippen molar-refractivity contribution in [3.8, 4) is 11.1 Å². The number of nitrogens with one attached hydrogen (secondary N) is 1. The molecule has 0 atom stereocenters. The molecule has 2 aromatic carbocycles. The summed E-state index contributed by atoms with van der Waals surface area (Å²) < 4.78 is 0. The van der Waals surface area contributed by atoms with Gasteiger partial charge >= 0.3 is 0 Å². The molecular weight excluding hydrogens is 253 g/mol. The molecule has 0 radical (unpaired) electrons. The summed E-state index contributed by atoms with van der Waals surface area (Å²) in [6.45, 7) is 0. The van der Waals surface area contributed by atoms with Crippen LogP contribution in [-0.2, 0) is 0 Å². The molecule has 2 aromatic rings. The van der Waals surface area contributed by atoms with Crippen molar-refractivity contribution >= 4 is 29.4 Å². The van der Waals surface area contributed by atoms with Crippen LogP contribution in [0.15, 0.2) is 36.4 Å². The largest absolute Gasteiger partial charge is 0.312 e. The fraction of sp³-hybridized carbons (Fsp3) is 0.0714. The summed E-state index contributed by atoms with van der Waals surface area (Å²) >= 11 is 12.0. The van der Waals surface area contributed by atoms with Crippen LogP contribution in [0.5, 0.6) is 0 Å². The molecule has 0 bridgehead atoms. The average Bonchev–Trinajstić information content (AvgIpc) is 2.60. The van der Waals surface area contributed by atoms with Crippen LogP contribution in [0, 0.1) is 5.41 Å². The molecule has 0 aromatic heterocycles. The number of hydrogen-bond acceptors (Lipinski definition) is 1. The highest BCUT2D eigenvalue weighted by molar-refractivity contribution is 6.31. The SMILES string of the molecule is N=CC1c2cc(Cl)ccc2-c2ccc(Cl)cc21. The fourth-order valence-corrected chi connectivity index (χ4v) is 2.78. The van der Waals surface area contributed by atoms with Gasteiger partial charge in [0.25, 0.3) is 0 Å². The van der Waals surface area contributed by atoms with Gasteiger partial charge in [0, 0.05) is 22.2 Å². The molecule has 0 unspecified atom stereocenters. The van der Waals surface area contributed by atoms with Gasteiger partial charge in [-0.15, -0.1) is 0 Å². The lowest BCUT2D eigenvalue weighted by Crippen LogP contribution is -1.96. The summed E-state index contributed by atoms with van der Waals surface area (Å²) in [4.78, 5) is 0. The zero-order chi connectivity index (χ0) is 12.0. The van der Waals surface area contributed by atoms with Gasteiger partial charge in [0.15, 0.2) is 0 Å². The Morgan fingerprint density at radius 2 is 1.35 bits per heavy atom. The van der Waals surface area contributed by atoms with E-state index < -0.39 is 0 Å². The molecule has 84 valence electrons. The third-order valence-electron chi connectivity index (χ3n) is 3.15. The molecule has 3 rings (SSSR count). The molecule has 1 nitrogen and oxygen atoms in total. The molecule has 1 aliphatic rings. The van der Waals surface area contributed by atoms with Crippen LogP contribution in [0.3, 0.4) is 0 Å². The lowest BCUT2D eigenvalue weighted by atomic mass is 9.98. The predicted molar refractivity (Wildman–Crippen MR) is 72.5 cm³/mol. The van der Waals surface area contributed by atoms with Gasteiger partial charge in [-0.1, -0.05) is 35.3 Å². The van der Waals surface area contributed by atoms with Crippen molar-refractivity contribution in [1.29, 1.82) is 5.41 Å². The van der Waals surface area contributed by atoms with Crippen LogP contribution in [0.1, 0.15) is 17.0 Å². The molecule has 1 aliphatic carbocycles. The Labute approximate surface area is 110 Å². The quantitative estimate of drug-likeness (QED) is 0.717. The molecule has 0 saturated carbocycles.